The molecule has 0 aromatic heterocycles. The van der Waals surface area contributed by atoms with Crippen LogP contribution in [0.2, 0.25) is 0 Å². The molecule has 1 atom stereocenters. The Labute approximate surface area is 166 Å². The van der Waals surface area contributed by atoms with Gasteiger partial charge in [-0.05, 0) is 46.1 Å². The molecule has 0 fully saturated rings. The van der Waals surface area contributed by atoms with Gasteiger partial charge in [-0.2, -0.15) is 0 Å². The van der Waals surface area contributed by atoms with E-state index < -0.39 is 0 Å². The van der Waals surface area contributed by atoms with Crippen molar-refractivity contribution in [3.05, 3.63) is 83.7 Å². The number of rotatable bonds is 9. The van der Waals surface area contributed by atoms with Crippen molar-refractivity contribution in [1.82, 2.24) is 4.90 Å². The maximum absolute atomic E-state index is 4.96. The zero-order chi connectivity index (χ0) is 20.4. The van der Waals surface area contributed by atoms with Crippen molar-refractivity contribution in [2.45, 2.75) is 54.4 Å². The lowest BCUT2D eigenvalue weighted by Gasteiger charge is -2.26. The van der Waals surface area contributed by atoms with Gasteiger partial charge in [-0.25, -0.2) is 4.99 Å². The molecule has 146 valence electrons. The van der Waals surface area contributed by atoms with Gasteiger partial charge in [-0.1, -0.05) is 80.6 Å². The summed E-state index contributed by atoms with van der Waals surface area (Å²) in [5, 5.41) is 0. The lowest BCUT2D eigenvalue weighted by atomic mass is 9.98. The van der Waals surface area contributed by atoms with Gasteiger partial charge < -0.3 is 4.90 Å². The molecule has 0 saturated heterocycles. The van der Waals surface area contributed by atoms with Crippen LogP contribution in [0.3, 0.4) is 0 Å². The fraction of sp³-hybridized carbons (Fsp3) is 0.400. The highest BCUT2D eigenvalue weighted by Crippen LogP contribution is 2.20. The molecule has 1 rings (SSSR count). The fourth-order valence-corrected chi connectivity index (χ4v) is 3.05. The Kier molecular flexibility index (Phi) is 9.56. The molecule has 0 amide bonds. The summed E-state index contributed by atoms with van der Waals surface area (Å²) in [6, 6.07) is 10.6. The molecule has 0 bridgehead atoms. The minimum absolute atomic E-state index is 0.357. The van der Waals surface area contributed by atoms with E-state index in [1.54, 1.807) is 0 Å². The van der Waals surface area contributed by atoms with Crippen LogP contribution in [0.15, 0.2) is 83.2 Å². The van der Waals surface area contributed by atoms with Crippen molar-refractivity contribution in [3.63, 3.8) is 0 Å². The van der Waals surface area contributed by atoms with Crippen molar-refractivity contribution in [2.75, 3.05) is 6.54 Å². The smallest absolute Gasteiger partial charge is 0.106 e. The largest absolute Gasteiger partial charge is 0.331 e. The monoisotopic (exact) mass is 364 g/mol. The van der Waals surface area contributed by atoms with E-state index in [0.29, 0.717) is 5.92 Å². The molecular formula is C25H36N2. The second kappa shape index (κ2) is 11.4. The van der Waals surface area contributed by atoms with Gasteiger partial charge in [0.2, 0.25) is 0 Å². The van der Waals surface area contributed by atoms with Crippen molar-refractivity contribution >= 4 is 5.84 Å². The second-order valence-corrected chi connectivity index (χ2v) is 7.29. The Morgan fingerprint density at radius 3 is 2.30 bits per heavy atom. The molecule has 2 nitrogen and oxygen atoms in total. The van der Waals surface area contributed by atoms with E-state index in [2.05, 4.69) is 95.2 Å². The van der Waals surface area contributed by atoms with Crippen LogP contribution >= 0.6 is 0 Å². The summed E-state index contributed by atoms with van der Waals surface area (Å²) in [7, 11) is 0. The first kappa shape index (κ1) is 22.7. The van der Waals surface area contributed by atoms with E-state index in [1.165, 1.54) is 11.1 Å². The summed E-state index contributed by atoms with van der Waals surface area (Å²) < 4.78 is 0. The van der Waals surface area contributed by atoms with Crippen LogP contribution in [0.5, 0.6) is 0 Å². The van der Waals surface area contributed by atoms with Crippen LogP contribution in [0.25, 0.3) is 0 Å². The molecular weight excluding hydrogens is 328 g/mol. The Bertz CT molecular complexity index is 720. The highest BCUT2D eigenvalue weighted by atomic mass is 15.2. The molecule has 0 radical (unpaired) electrons. The predicted octanol–water partition coefficient (Wildman–Crippen LogP) is 6.94. The van der Waals surface area contributed by atoms with Crippen molar-refractivity contribution in [1.29, 1.82) is 0 Å². The molecule has 0 spiro atoms. The minimum Gasteiger partial charge on any atom is -0.331 e. The van der Waals surface area contributed by atoms with Gasteiger partial charge in [0.05, 0.1) is 0 Å². The summed E-state index contributed by atoms with van der Waals surface area (Å²) in [6.45, 7) is 21.7. The molecule has 0 heterocycles. The van der Waals surface area contributed by atoms with E-state index in [9.17, 15) is 0 Å². The molecule has 0 saturated carbocycles. The number of benzene rings is 1. The maximum Gasteiger partial charge on any atom is 0.106 e. The third-order valence-corrected chi connectivity index (χ3v) is 4.64. The number of allylic oxidation sites excluding steroid dienone is 5. The third-order valence-electron chi connectivity index (χ3n) is 4.64. The molecule has 2 heteroatoms. The zero-order valence-corrected chi connectivity index (χ0v) is 18.0. The van der Waals surface area contributed by atoms with Crippen molar-refractivity contribution in [3.8, 4) is 0 Å². The standard InChI is InChI=1S/C25H36N2/c1-9-20(5)16-21(6)18-27(19(3)4)23(8)26-25(10-2)22(7)17-24-14-12-11-13-15-24/h10-16,22H,3,5,9,17-18H2,1-2,4,6-8H3/b21-16-,25-10-,26-23+. The molecule has 0 aliphatic heterocycles. The van der Waals surface area contributed by atoms with Crippen molar-refractivity contribution < 1.29 is 0 Å². The van der Waals surface area contributed by atoms with Gasteiger partial charge in [0.25, 0.3) is 0 Å². The normalized spacial score (nSPS) is 14.1. The topological polar surface area (TPSA) is 15.6 Å². The fourth-order valence-electron chi connectivity index (χ4n) is 3.05. The van der Waals surface area contributed by atoms with Gasteiger partial charge in [0, 0.05) is 23.9 Å². The quantitative estimate of drug-likeness (QED) is 0.263. The lowest BCUT2D eigenvalue weighted by molar-refractivity contribution is 0.549. The summed E-state index contributed by atoms with van der Waals surface area (Å²) in [4.78, 5) is 7.13. The number of aliphatic imine (C=N–C) groups is 1. The van der Waals surface area contributed by atoms with E-state index in [1.807, 2.05) is 6.92 Å². The van der Waals surface area contributed by atoms with Crippen LogP contribution in [0.4, 0.5) is 0 Å². The Hall–Kier alpha value is -2.35. The molecule has 1 aromatic carbocycles. The number of nitrogens with zero attached hydrogens (tertiary/aromatic N) is 2. The summed E-state index contributed by atoms with van der Waals surface area (Å²) in [5.41, 5.74) is 5.86. The van der Waals surface area contributed by atoms with Crippen LogP contribution in [0.1, 0.15) is 53.5 Å². The van der Waals surface area contributed by atoms with E-state index in [4.69, 9.17) is 4.99 Å². The number of amidine groups is 1. The van der Waals surface area contributed by atoms with Gasteiger partial charge in [-0.15, -0.1) is 0 Å². The van der Waals surface area contributed by atoms with E-state index >= 15 is 0 Å². The van der Waals surface area contributed by atoms with Crippen LogP contribution in [0, 0.1) is 5.92 Å². The van der Waals surface area contributed by atoms with Gasteiger partial charge in [0.15, 0.2) is 0 Å². The first-order chi connectivity index (χ1) is 12.8. The average Bonchev–Trinajstić information content (AvgIpc) is 2.64. The van der Waals surface area contributed by atoms with Gasteiger partial charge in [0.1, 0.15) is 5.84 Å². The Balaban J connectivity index is 2.96. The molecule has 1 aromatic rings. The maximum atomic E-state index is 4.96. The van der Waals surface area contributed by atoms with Crippen molar-refractivity contribution in [2.24, 2.45) is 10.9 Å². The molecule has 0 aliphatic rings. The highest BCUT2D eigenvalue weighted by molar-refractivity contribution is 5.82. The SMILES string of the molecule is C=C(/C=C(/C)CN(C(=C)C)/C(C)=N/C(=C\C)C(C)Cc1ccccc1)CC. The number of hydrogen-bond acceptors (Lipinski definition) is 1. The predicted molar refractivity (Wildman–Crippen MR) is 121 cm³/mol. The van der Waals surface area contributed by atoms with Gasteiger partial charge >= 0.3 is 0 Å². The molecule has 1 unspecified atom stereocenters. The number of hydrogen-bond donors (Lipinski definition) is 0. The van der Waals surface area contributed by atoms with Gasteiger partial charge in [-0.3, -0.25) is 0 Å². The first-order valence-electron chi connectivity index (χ1n) is 9.81. The Morgan fingerprint density at radius 1 is 1.15 bits per heavy atom. The Morgan fingerprint density at radius 2 is 1.78 bits per heavy atom. The summed E-state index contributed by atoms with van der Waals surface area (Å²) in [5.74, 6) is 1.33. The average molecular weight is 365 g/mol. The van der Waals surface area contributed by atoms with E-state index in [0.717, 1.165) is 42.2 Å². The zero-order valence-electron chi connectivity index (χ0n) is 18.0. The second-order valence-electron chi connectivity index (χ2n) is 7.29. The van der Waals surface area contributed by atoms with Crippen LogP contribution in [-0.4, -0.2) is 17.3 Å². The summed E-state index contributed by atoms with van der Waals surface area (Å²) in [6.07, 6.45) is 6.24. The van der Waals surface area contributed by atoms with Crippen LogP contribution in [-0.2, 0) is 6.42 Å². The first-order valence-corrected chi connectivity index (χ1v) is 9.81. The molecule has 0 N–H and O–H groups in total. The highest BCUT2D eigenvalue weighted by Gasteiger charge is 2.13. The molecule has 27 heavy (non-hydrogen) atoms. The lowest BCUT2D eigenvalue weighted by Crippen LogP contribution is -2.29. The third kappa shape index (κ3) is 7.82. The van der Waals surface area contributed by atoms with E-state index in [-0.39, 0.29) is 0 Å². The minimum atomic E-state index is 0.357. The van der Waals surface area contributed by atoms with Crippen LogP contribution < -0.4 is 0 Å². The molecule has 0 aliphatic carbocycles. The summed E-state index contributed by atoms with van der Waals surface area (Å²) >= 11 is 0.